The van der Waals surface area contributed by atoms with Crippen LogP contribution in [0.15, 0.2) is 28.7 Å². The highest BCUT2D eigenvalue weighted by atomic mass is 79.9. The predicted octanol–water partition coefficient (Wildman–Crippen LogP) is 2.48. The molecule has 3 unspecified atom stereocenters. The molecule has 2 rings (SSSR count). The van der Waals surface area contributed by atoms with Crippen LogP contribution in [0.3, 0.4) is 0 Å². The normalized spacial score (nSPS) is 20.0. The Kier molecular flexibility index (Phi) is 6.79. The van der Waals surface area contributed by atoms with E-state index in [1.807, 2.05) is 29.2 Å². The maximum atomic E-state index is 11.8. The lowest BCUT2D eigenvalue weighted by atomic mass is 9.94. The summed E-state index contributed by atoms with van der Waals surface area (Å²) in [6.45, 7) is 6.06. The Morgan fingerprint density at radius 3 is 2.12 bits per heavy atom. The van der Waals surface area contributed by atoms with Gasteiger partial charge in [-0.1, -0.05) is 29.8 Å². The van der Waals surface area contributed by atoms with Crippen LogP contribution < -0.4 is 4.90 Å². The van der Waals surface area contributed by atoms with Gasteiger partial charge in [0.25, 0.3) is 0 Å². The Bertz CT molecular complexity index is 588. The largest absolute Gasteiger partial charge is 0.481 e. The fraction of sp³-hybridized carbons (Fsp3) is 0.562. The second kappa shape index (κ2) is 8.42. The molecule has 0 aliphatic carbocycles. The van der Waals surface area contributed by atoms with Gasteiger partial charge in [-0.3, -0.25) is 9.69 Å². The van der Waals surface area contributed by atoms with Gasteiger partial charge < -0.3 is 14.6 Å². The maximum Gasteiger partial charge on any atom is 0.309 e. The minimum Gasteiger partial charge on any atom is -0.481 e. The third kappa shape index (κ3) is 4.56. The van der Waals surface area contributed by atoms with Crippen molar-refractivity contribution >= 4 is 38.7 Å². The van der Waals surface area contributed by atoms with Crippen molar-refractivity contribution in [3.63, 3.8) is 0 Å². The van der Waals surface area contributed by atoms with Gasteiger partial charge >= 0.3 is 5.97 Å². The molecule has 0 bridgehead atoms. The van der Waals surface area contributed by atoms with Crippen LogP contribution in [0, 0.1) is 11.8 Å². The first-order chi connectivity index (χ1) is 11.3. The number of carboxylic acid groups (broad SMARTS) is 1. The van der Waals surface area contributed by atoms with E-state index in [2.05, 4.69) is 20.8 Å². The monoisotopic (exact) mass is 418 g/mol. The number of nitrogens with zero attached hydrogens (tertiary/aromatic N) is 2. The van der Waals surface area contributed by atoms with Gasteiger partial charge in [0.1, 0.15) is 5.37 Å². The molecule has 8 heteroatoms. The van der Waals surface area contributed by atoms with Crippen LogP contribution in [0.4, 0.5) is 5.69 Å². The number of carbonyl (C=O) groups is 1. The standard InChI is InChI=1S/C16H23BrN2O4S/c1-11(2)14(16(20)21)15(24(22)23)19-9-7-18(8-10-19)13-5-3-12(17)4-6-13/h3-6,11,14-15H,7-10H2,1-2H3,(H,20,21)(H,22,23). The molecule has 0 radical (unpaired) electrons. The summed E-state index contributed by atoms with van der Waals surface area (Å²) in [6, 6.07) is 8.00. The first-order valence-electron chi connectivity index (χ1n) is 7.88. The first kappa shape index (κ1) is 19.4. The average molecular weight is 419 g/mol. The SMILES string of the molecule is CC(C)C(C(=O)O)C(N1CCN(c2ccc(Br)cc2)CC1)S(=O)O. The molecule has 1 aliphatic heterocycles. The number of carboxylic acids is 1. The smallest absolute Gasteiger partial charge is 0.309 e. The molecular weight excluding hydrogens is 396 g/mol. The van der Waals surface area contributed by atoms with E-state index in [9.17, 15) is 18.7 Å². The van der Waals surface area contributed by atoms with Crippen molar-refractivity contribution in [3.8, 4) is 0 Å². The summed E-state index contributed by atoms with van der Waals surface area (Å²) in [5.41, 5.74) is 1.10. The zero-order valence-electron chi connectivity index (χ0n) is 13.8. The number of halogens is 1. The fourth-order valence-corrected chi connectivity index (χ4v) is 4.51. The summed E-state index contributed by atoms with van der Waals surface area (Å²) in [6.07, 6.45) is 0. The molecule has 0 amide bonds. The maximum absolute atomic E-state index is 11.8. The molecule has 1 aromatic carbocycles. The van der Waals surface area contributed by atoms with Gasteiger partial charge in [0.05, 0.1) is 5.92 Å². The highest BCUT2D eigenvalue weighted by molar-refractivity contribution is 9.10. The third-order valence-electron chi connectivity index (χ3n) is 4.38. The molecule has 24 heavy (non-hydrogen) atoms. The van der Waals surface area contributed by atoms with Gasteiger partial charge in [0, 0.05) is 36.3 Å². The van der Waals surface area contributed by atoms with Crippen molar-refractivity contribution < 1.29 is 18.7 Å². The zero-order valence-corrected chi connectivity index (χ0v) is 16.2. The number of benzene rings is 1. The Labute approximate surface area is 153 Å². The van der Waals surface area contributed by atoms with E-state index < -0.39 is 28.3 Å². The summed E-state index contributed by atoms with van der Waals surface area (Å²) in [5.74, 6) is -2.10. The van der Waals surface area contributed by atoms with E-state index in [1.54, 1.807) is 13.8 Å². The lowest BCUT2D eigenvalue weighted by Crippen LogP contribution is -2.55. The van der Waals surface area contributed by atoms with Gasteiger partial charge in [-0.05, 0) is 30.2 Å². The fourth-order valence-electron chi connectivity index (χ4n) is 3.10. The van der Waals surface area contributed by atoms with E-state index in [-0.39, 0.29) is 5.92 Å². The molecule has 0 aromatic heterocycles. The number of aliphatic carboxylic acids is 1. The van der Waals surface area contributed by atoms with Gasteiger partial charge in [-0.2, -0.15) is 0 Å². The van der Waals surface area contributed by atoms with E-state index in [4.69, 9.17) is 0 Å². The Balaban J connectivity index is 2.09. The molecule has 0 spiro atoms. The van der Waals surface area contributed by atoms with Crippen molar-refractivity contribution in [2.45, 2.75) is 19.2 Å². The molecule has 0 saturated carbocycles. The Hall–Kier alpha value is -0.960. The predicted molar refractivity (Wildman–Crippen MR) is 98.5 cm³/mol. The van der Waals surface area contributed by atoms with Crippen LogP contribution >= 0.6 is 15.9 Å². The van der Waals surface area contributed by atoms with Crippen LogP contribution in [-0.4, -0.2) is 56.3 Å². The van der Waals surface area contributed by atoms with E-state index in [0.717, 1.165) is 10.2 Å². The topological polar surface area (TPSA) is 81.1 Å². The molecule has 1 aromatic rings. The van der Waals surface area contributed by atoms with Gasteiger partial charge in [-0.15, -0.1) is 0 Å². The van der Waals surface area contributed by atoms with Gasteiger partial charge in [0.15, 0.2) is 11.1 Å². The van der Waals surface area contributed by atoms with E-state index >= 15 is 0 Å². The van der Waals surface area contributed by atoms with Crippen LogP contribution in [-0.2, 0) is 15.9 Å². The summed E-state index contributed by atoms with van der Waals surface area (Å²) in [5, 5.41) is 8.58. The van der Waals surface area contributed by atoms with Crippen LogP contribution in [0.5, 0.6) is 0 Å². The van der Waals surface area contributed by atoms with Crippen molar-refractivity contribution in [2.24, 2.45) is 11.8 Å². The Morgan fingerprint density at radius 2 is 1.71 bits per heavy atom. The second-order valence-corrected chi connectivity index (χ2v) is 8.23. The van der Waals surface area contributed by atoms with Crippen molar-refractivity contribution in [2.75, 3.05) is 31.1 Å². The summed E-state index contributed by atoms with van der Waals surface area (Å²) >= 11 is 1.20. The van der Waals surface area contributed by atoms with Gasteiger partial charge in [-0.25, -0.2) is 4.21 Å². The molecule has 1 heterocycles. The minimum atomic E-state index is -2.21. The minimum absolute atomic E-state index is 0.215. The average Bonchev–Trinajstić information content (AvgIpc) is 2.52. The van der Waals surface area contributed by atoms with Crippen molar-refractivity contribution in [1.82, 2.24) is 4.90 Å². The summed E-state index contributed by atoms with van der Waals surface area (Å²) in [7, 11) is 0. The summed E-state index contributed by atoms with van der Waals surface area (Å²) < 4.78 is 22.5. The second-order valence-electron chi connectivity index (χ2n) is 6.27. The van der Waals surface area contributed by atoms with Crippen molar-refractivity contribution in [3.05, 3.63) is 28.7 Å². The molecule has 1 aliphatic rings. The van der Waals surface area contributed by atoms with Crippen LogP contribution in [0.25, 0.3) is 0 Å². The van der Waals surface area contributed by atoms with Crippen molar-refractivity contribution in [1.29, 1.82) is 0 Å². The number of hydrogen-bond donors (Lipinski definition) is 2. The highest BCUT2D eigenvalue weighted by Gasteiger charge is 2.40. The quantitative estimate of drug-likeness (QED) is 0.690. The molecule has 2 N–H and O–H groups in total. The molecular formula is C16H23BrN2O4S. The molecule has 3 atom stereocenters. The molecule has 6 nitrogen and oxygen atoms in total. The first-order valence-corrected chi connectivity index (χ1v) is 9.84. The number of rotatable bonds is 6. The zero-order chi connectivity index (χ0) is 17.9. The van der Waals surface area contributed by atoms with E-state index in [0.29, 0.717) is 26.2 Å². The van der Waals surface area contributed by atoms with Crippen LogP contribution in [0.2, 0.25) is 0 Å². The number of hydrogen-bond acceptors (Lipinski definition) is 4. The third-order valence-corrected chi connectivity index (χ3v) is 5.92. The van der Waals surface area contributed by atoms with E-state index in [1.165, 1.54) is 0 Å². The summed E-state index contributed by atoms with van der Waals surface area (Å²) in [4.78, 5) is 15.6. The Morgan fingerprint density at radius 1 is 1.17 bits per heavy atom. The van der Waals surface area contributed by atoms with Crippen LogP contribution in [0.1, 0.15) is 13.8 Å². The molecule has 134 valence electrons. The molecule has 1 saturated heterocycles. The lowest BCUT2D eigenvalue weighted by molar-refractivity contribution is -0.144. The lowest BCUT2D eigenvalue weighted by Gasteiger charge is -2.41. The number of anilines is 1. The highest BCUT2D eigenvalue weighted by Crippen LogP contribution is 2.26. The number of piperazine rings is 1. The molecule has 1 fully saturated rings. The van der Waals surface area contributed by atoms with Gasteiger partial charge in [0.2, 0.25) is 0 Å².